The highest BCUT2D eigenvalue weighted by molar-refractivity contribution is 6.58. The summed E-state index contributed by atoms with van der Waals surface area (Å²) in [5.74, 6) is 0. The lowest BCUT2D eigenvalue weighted by Gasteiger charge is -1.98. The Labute approximate surface area is 109 Å². The van der Waals surface area contributed by atoms with E-state index < -0.39 is 7.12 Å². The van der Waals surface area contributed by atoms with Crippen molar-refractivity contribution in [3.8, 4) is 0 Å². The van der Waals surface area contributed by atoms with Gasteiger partial charge in [-0.3, -0.25) is 0 Å². The first kappa shape index (κ1) is 11.8. The van der Waals surface area contributed by atoms with Gasteiger partial charge in [-0.25, -0.2) is 4.98 Å². The normalized spacial score (nSPS) is 10.8. The van der Waals surface area contributed by atoms with Crippen LogP contribution in [0.2, 0.25) is 0 Å². The first-order chi connectivity index (χ1) is 9.22. The zero-order chi connectivity index (χ0) is 13.2. The lowest BCUT2D eigenvalue weighted by molar-refractivity contribution is 0.425. The number of rotatable bonds is 3. The van der Waals surface area contributed by atoms with Gasteiger partial charge in [-0.05, 0) is 11.6 Å². The number of hydrogen-bond acceptors (Lipinski definition) is 5. The first-order valence-electron chi connectivity index (χ1n) is 5.83. The second-order valence-corrected chi connectivity index (χ2v) is 4.20. The molecule has 0 atom stereocenters. The molecule has 3 aromatic rings. The minimum Gasteiger partial charge on any atom is -0.423 e. The third kappa shape index (κ3) is 2.47. The highest BCUT2D eigenvalue weighted by atomic mass is 16.4. The van der Waals surface area contributed by atoms with Crippen molar-refractivity contribution in [3.63, 3.8) is 0 Å². The van der Waals surface area contributed by atoms with Crippen LogP contribution in [-0.4, -0.2) is 37.1 Å². The summed E-state index contributed by atoms with van der Waals surface area (Å²) in [4.78, 5) is 5.59. The predicted octanol–water partition coefficient (Wildman–Crippen LogP) is -0.446. The van der Waals surface area contributed by atoms with Crippen molar-refractivity contribution in [2.24, 2.45) is 0 Å². The van der Waals surface area contributed by atoms with Crippen molar-refractivity contribution in [1.82, 2.24) is 20.0 Å². The fourth-order valence-electron chi connectivity index (χ4n) is 1.83. The van der Waals surface area contributed by atoms with E-state index in [0.717, 1.165) is 5.56 Å². The molecule has 2 aromatic heterocycles. The maximum atomic E-state index is 9.09. The summed E-state index contributed by atoms with van der Waals surface area (Å²) in [5.41, 5.74) is 2.42. The van der Waals surface area contributed by atoms with Gasteiger partial charge >= 0.3 is 7.12 Å². The van der Waals surface area contributed by atoms with Gasteiger partial charge in [-0.1, -0.05) is 30.3 Å². The Bertz CT molecular complexity index is 699. The van der Waals surface area contributed by atoms with E-state index in [4.69, 9.17) is 10.0 Å². The average Bonchev–Trinajstić information content (AvgIpc) is 2.80. The molecule has 0 bridgehead atoms. The van der Waals surface area contributed by atoms with E-state index in [2.05, 4.69) is 15.2 Å². The number of aromatic nitrogens is 4. The minimum absolute atomic E-state index is 0.305. The Balaban J connectivity index is 1.93. The number of hydrogen-bond donors (Lipinski definition) is 2. The molecule has 0 saturated carbocycles. The summed E-state index contributed by atoms with van der Waals surface area (Å²) < 4.78 is 0. The van der Waals surface area contributed by atoms with Crippen molar-refractivity contribution < 1.29 is 10.0 Å². The van der Waals surface area contributed by atoms with Gasteiger partial charge in [-0.2, -0.15) is 9.90 Å². The summed E-state index contributed by atoms with van der Waals surface area (Å²) in [5, 5.41) is 26.7. The standard InChI is InChI=1S/C12H11BN4O2/c18-13(19)10-6-11-12(14-7-10)16-17(15-11)8-9-4-2-1-3-5-9/h1-7,18-19H,8H2. The topological polar surface area (TPSA) is 84.1 Å². The lowest BCUT2D eigenvalue weighted by atomic mass is 9.82. The smallest absolute Gasteiger partial charge is 0.423 e. The van der Waals surface area contributed by atoms with Crippen molar-refractivity contribution in [2.45, 2.75) is 6.54 Å². The molecule has 0 amide bonds. The maximum absolute atomic E-state index is 9.09. The van der Waals surface area contributed by atoms with Crippen LogP contribution >= 0.6 is 0 Å². The van der Waals surface area contributed by atoms with E-state index in [1.807, 2.05) is 30.3 Å². The SMILES string of the molecule is OB(O)c1cnc2nn(Cc3ccccc3)nc2c1. The lowest BCUT2D eigenvalue weighted by Crippen LogP contribution is -2.29. The van der Waals surface area contributed by atoms with Crippen LogP contribution in [0.25, 0.3) is 11.2 Å². The molecule has 0 aliphatic carbocycles. The summed E-state index contributed by atoms with van der Waals surface area (Å²) in [6.45, 7) is 0.550. The van der Waals surface area contributed by atoms with E-state index >= 15 is 0 Å². The highest BCUT2D eigenvalue weighted by Gasteiger charge is 2.14. The van der Waals surface area contributed by atoms with Crippen LogP contribution < -0.4 is 5.46 Å². The van der Waals surface area contributed by atoms with Gasteiger partial charge in [-0.15, -0.1) is 5.10 Å². The van der Waals surface area contributed by atoms with Crippen LogP contribution in [0.1, 0.15) is 5.56 Å². The molecule has 0 unspecified atom stereocenters. The van der Waals surface area contributed by atoms with Gasteiger partial charge in [0.2, 0.25) is 5.65 Å². The molecule has 1 aromatic carbocycles. The molecule has 94 valence electrons. The molecule has 7 heteroatoms. The molecule has 2 N–H and O–H groups in total. The van der Waals surface area contributed by atoms with E-state index in [1.54, 1.807) is 10.9 Å². The summed E-state index contributed by atoms with van der Waals surface area (Å²) >= 11 is 0. The number of benzene rings is 1. The van der Waals surface area contributed by atoms with Crippen molar-refractivity contribution in [1.29, 1.82) is 0 Å². The Morgan fingerprint density at radius 2 is 1.89 bits per heavy atom. The fraction of sp³-hybridized carbons (Fsp3) is 0.0833. The van der Waals surface area contributed by atoms with E-state index in [0.29, 0.717) is 23.2 Å². The Morgan fingerprint density at radius 3 is 2.63 bits per heavy atom. The molecular formula is C12H11BN4O2. The van der Waals surface area contributed by atoms with Crippen LogP contribution in [0.4, 0.5) is 0 Å². The minimum atomic E-state index is -1.55. The van der Waals surface area contributed by atoms with Crippen molar-refractivity contribution in [3.05, 3.63) is 48.2 Å². The van der Waals surface area contributed by atoms with Crippen LogP contribution in [0.3, 0.4) is 0 Å². The van der Waals surface area contributed by atoms with Crippen LogP contribution in [-0.2, 0) is 6.54 Å². The summed E-state index contributed by atoms with van der Waals surface area (Å²) in [6, 6.07) is 11.4. The van der Waals surface area contributed by atoms with Crippen LogP contribution in [0.15, 0.2) is 42.6 Å². The third-order valence-electron chi connectivity index (χ3n) is 2.77. The molecule has 19 heavy (non-hydrogen) atoms. The molecule has 3 rings (SSSR count). The summed E-state index contributed by atoms with van der Waals surface area (Å²) in [7, 11) is -1.55. The quantitative estimate of drug-likeness (QED) is 0.619. The Hall–Kier alpha value is -2.25. The van der Waals surface area contributed by atoms with Gasteiger partial charge in [0.1, 0.15) is 5.52 Å². The molecular weight excluding hydrogens is 243 g/mol. The molecule has 0 aliphatic heterocycles. The van der Waals surface area contributed by atoms with Crippen LogP contribution in [0, 0.1) is 0 Å². The zero-order valence-electron chi connectivity index (χ0n) is 10.0. The van der Waals surface area contributed by atoms with Crippen LogP contribution in [0.5, 0.6) is 0 Å². The van der Waals surface area contributed by atoms with E-state index in [-0.39, 0.29) is 0 Å². The molecule has 0 fully saturated rings. The third-order valence-corrected chi connectivity index (χ3v) is 2.77. The molecule has 0 radical (unpaired) electrons. The number of fused-ring (bicyclic) bond motifs is 1. The Morgan fingerprint density at radius 1 is 1.11 bits per heavy atom. The van der Waals surface area contributed by atoms with Crippen molar-refractivity contribution >= 4 is 23.7 Å². The van der Waals surface area contributed by atoms with Gasteiger partial charge in [0.05, 0.1) is 6.54 Å². The van der Waals surface area contributed by atoms with Gasteiger partial charge in [0.15, 0.2) is 0 Å². The van der Waals surface area contributed by atoms with E-state index in [1.165, 1.54) is 6.20 Å². The molecule has 6 nitrogen and oxygen atoms in total. The molecule has 0 aliphatic rings. The predicted molar refractivity (Wildman–Crippen MR) is 70.7 cm³/mol. The second kappa shape index (κ2) is 4.79. The first-order valence-corrected chi connectivity index (χ1v) is 5.83. The van der Waals surface area contributed by atoms with E-state index in [9.17, 15) is 0 Å². The zero-order valence-corrected chi connectivity index (χ0v) is 10.0. The largest absolute Gasteiger partial charge is 0.490 e. The molecule has 2 heterocycles. The number of nitrogens with zero attached hydrogens (tertiary/aromatic N) is 4. The monoisotopic (exact) mass is 254 g/mol. The van der Waals surface area contributed by atoms with Gasteiger partial charge in [0.25, 0.3) is 0 Å². The highest BCUT2D eigenvalue weighted by Crippen LogP contribution is 2.06. The second-order valence-electron chi connectivity index (χ2n) is 4.20. The fourth-order valence-corrected chi connectivity index (χ4v) is 1.83. The molecule has 0 saturated heterocycles. The number of pyridine rings is 1. The summed E-state index contributed by atoms with van der Waals surface area (Å²) in [6.07, 6.45) is 1.38. The average molecular weight is 254 g/mol. The van der Waals surface area contributed by atoms with Crippen molar-refractivity contribution in [2.75, 3.05) is 0 Å². The molecule has 0 spiro atoms. The Kier molecular flexibility index (Phi) is 2.98. The van der Waals surface area contributed by atoms with Gasteiger partial charge in [0, 0.05) is 11.7 Å². The maximum Gasteiger partial charge on any atom is 0.490 e. The van der Waals surface area contributed by atoms with Gasteiger partial charge < -0.3 is 10.0 Å².